The first-order valence-corrected chi connectivity index (χ1v) is 4.06. The topological polar surface area (TPSA) is 168 Å². The van der Waals surface area contributed by atoms with Crippen molar-refractivity contribution in [2.75, 3.05) is 5.43 Å². The number of primary amides is 1. The molecule has 0 aliphatic carbocycles. The second-order valence-electron chi connectivity index (χ2n) is 2.58. The zero-order valence-electron chi connectivity index (χ0n) is 8.22. The second kappa shape index (κ2) is 4.91. The van der Waals surface area contributed by atoms with E-state index in [4.69, 9.17) is 21.5 Å². The molecule has 0 aromatic carbocycles. The predicted octanol–water partition coefficient (Wildman–Crippen LogP) is -1.07. The van der Waals surface area contributed by atoms with Crippen molar-refractivity contribution >= 4 is 17.6 Å². The molecule has 0 bridgehead atoms. The lowest BCUT2D eigenvalue weighted by Crippen LogP contribution is -2.22. The maximum Gasteiger partial charge on any atom is 0.280 e. The van der Waals surface area contributed by atoms with Gasteiger partial charge in [0.1, 0.15) is 18.2 Å². The summed E-state index contributed by atoms with van der Waals surface area (Å²) in [6.07, 6.45) is 0. The normalized spacial score (nSPS) is 9.82. The van der Waals surface area contributed by atoms with Gasteiger partial charge in [0.15, 0.2) is 11.4 Å². The highest BCUT2D eigenvalue weighted by molar-refractivity contribution is 6.44. The standard InChI is InChI=1S/C8H4N8O/c9-1-4-5(2-10)14-8(13-4)16-15-6(3-11)7(12)17/h(H2,12,17)(H2,13,14,16)/b15-6+. The lowest BCUT2D eigenvalue weighted by atomic mass is 10.4. The monoisotopic (exact) mass is 228 g/mol. The van der Waals surface area contributed by atoms with Crippen molar-refractivity contribution in [3.8, 4) is 18.2 Å². The van der Waals surface area contributed by atoms with Crippen LogP contribution in [0.5, 0.6) is 0 Å². The molecule has 0 aliphatic heterocycles. The number of rotatable bonds is 3. The number of H-pyrrole nitrogens is 1. The number of amides is 1. The molecular weight excluding hydrogens is 224 g/mol. The maximum absolute atomic E-state index is 10.6. The first kappa shape index (κ1) is 11.7. The summed E-state index contributed by atoms with van der Waals surface area (Å²) in [6, 6.07) is 4.85. The minimum absolute atomic E-state index is 0.0490. The van der Waals surface area contributed by atoms with Crippen LogP contribution in [0.1, 0.15) is 11.4 Å². The number of nitrogens with one attached hydrogen (secondary N) is 2. The molecule has 0 saturated carbocycles. The fourth-order valence-corrected chi connectivity index (χ4v) is 0.832. The molecule has 9 nitrogen and oxygen atoms in total. The zero-order chi connectivity index (χ0) is 12.8. The molecule has 17 heavy (non-hydrogen) atoms. The number of hydrogen-bond acceptors (Lipinski definition) is 7. The van der Waals surface area contributed by atoms with E-state index in [9.17, 15) is 4.79 Å². The van der Waals surface area contributed by atoms with Gasteiger partial charge in [-0.3, -0.25) is 4.79 Å². The molecule has 0 aliphatic rings. The summed E-state index contributed by atoms with van der Waals surface area (Å²) in [7, 11) is 0. The highest BCUT2D eigenvalue weighted by Crippen LogP contribution is 2.07. The van der Waals surface area contributed by atoms with Crippen LogP contribution < -0.4 is 11.2 Å². The minimum atomic E-state index is -1.01. The van der Waals surface area contributed by atoms with Crippen LogP contribution in [0.3, 0.4) is 0 Å². The number of carbonyl (C=O) groups excluding carboxylic acids is 1. The highest BCUT2D eigenvalue weighted by atomic mass is 16.1. The number of aromatic amines is 1. The molecule has 0 atom stereocenters. The molecule has 0 fully saturated rings. The van der Waals surface area contributed by atoms with Gasteiger partial charge in [-0.15, -0.1) is 0 Å². The second-order valence-corrected chi connectivity index (χ2v) is 2.58. The van der Waals surface area contributed by atoms with E-state index in [-0.39, 0.29) is 17.3 Å². The van der Waals surface area contributed by atoms with Crippen molar-refractivity contribution in [2.45, 2.75) is 0 Å². The molecule has 1 rings (SSSR count). The number of carbonyl (C=O) groups is 1. The molecule has 1 aromatic heterocycles. The SMILES string of the molecule is N#C/C(=N\Nc1nc(C#N)c(C#N)[nH]1)C(N)=O. The van der Waals surface area contributed by atoms with E-state index in [1.54, 1.807) is 12.1 Å². The number of nitrogens with zero attached hydrogens (tertiary/aromatic N) is 5. The van der Waals surface area contributed by atoms with E-state index < -0.39 is 11.6 Å². The Labute approximate surface area is 94.8 Å². The summed E-state index contributed by atoms with van der Waals surface area (Å²) in [5.74, 6) is -1.06. The van der Waals surface area contributed by atoms with Gasteiger partial charge in [0, 0.05) is 0 Å². The maximum atomic E-state index is 10.6. The first-order valence-electron chi connectivity index (χ1n) is 4.06. The number of nitriles is 3. The van der Waals surface area contributed by atoms with Gasteiger partial charge in [-0.25, -0.2) is 5.43 Å². The number of imidazole rings is 1. The minimum Gasteiger partial charge on any atom is -0.364 e. The fourth-order valence-electron chi connectivity index (χ4n) is 0.832. The summed E-state index contributed by atoms with van der Waals surface area (Å²) >= 11 is 0. The molecule has 1 aromatic rings. The molecule has 1 amide bonds. The van der Waals surface area contributed by atoms with Crippen molar-refractivity contribution in [3.05, 3.63) is 11.4 Å². The number of hydrazone groups is 1. The molecule has 82 valence electrons. The van der Waals surface area contributed by atoms with E-state index in [1.165, 1.54) is 6.07 Å². The Bertz CT molecular complexity index is 573. The predicted molar refractivity (Wildman–Crippen MR) is 53.9 cm³/mol. The summed E-state index contributed by atoms with van der Waals surface area (Å²) in [6.45, 7) is 0. The number of nitrogens with two attached hydrogens (primary N) is 1. The Kier molecular flexibility index (Phi) is 3.38. The van der Waals surface area contributed by atoms with E-state index in [2.05, 4.69) is 20.5 Å². The molecule has 0 spiro atoms. The number of anilines is 1. The third kappa shape index (κ3) is 2.55. The van der Waals surface area contributed by atoms with Crippen molar-refractivity contribution in [1.82, 2.24) is 9.97 Å². The van der Waals surface area contributed by atoms with E-state index in [1.807, 2.05) is 0 Å². The van der Waals surface area contributed by atoms with Gasteiger partial charge in [-0.05, 0) is 0 Å². The Morgan fingerprint density at radius 2 is 2.12 bits per heavy atom. The number of hydrogen-bond donors (Lipinski definition) is 3. The van der Waals surface area contributed by atoms with E-state index in [0.29, 0.717) is 0 Å². The first-order chi connectivity index (χ1) is 8.12. The van der Waals surface area contributed by atoms with Gasteiger partial charge in [0.25, 0.3) is 5.91 Å². The lowest BCUT2D eigenvalue weighted by Gasteiger charge is -1.93. The highest BCUT2D eigenvalue weighted by Gasteiger charge is 2.10. The van der Waals surface area contributed by atoms with Gasteiger partial charge >= 0.3 is 0 Å². The Morgan fingerprint density at radius 1 is 1.41 bits per heavy atom. The van der Waals surface area contributed by atoms with Crippen molar-refractivity contribution < 1.29 is 4.79 Å². The van der Waals surface area contributed by atoms with Gasteiger partial charge < -0.3 is 10.7 Å². The van der Waals surface area contributed by atoms with Crippen LogP contribution in [0.2, 0.25) is 0 Å². The Hall–Kier alpha value is -3.38. The summed E-state index contributed by atoms with van der Waals surface area (Å²) in [4.78, 5) is 16.7. The van der Waals surface area contributed by atoms with E-state index >= 15 is 0 Å². The Morgan fingerprint density at radius 3 is 2.53 bits per heavy atom. The van der Waals surface area contributed by atoms with Gasteiger partial charge in [0.2, 0.25) is 11.7 Å². The van der Waals surface area contributed by atoms with E-state index in [0.717, 1.165) is 0 Å². The summed E-state index contributed by atoms with van der Waals surface area (Å²) in [5, 5.41) is 29.0. The molecule has 1 heterocycles. The van der Waals surface area contributed by atoms with Crippen LogP contribution in [-0.4, -0.2) is 21.6 Å². The molecule has 4 N–H and O–H groups in total. The molecule has 0 unspecified atom stereocenters. The fraction of sp³-hybridized carbons (Fsp3) is 0. The third-order valence-corrected chi connectivity index (χ3v) is 1.53. The molecule has 9 heteroatoms. The molecule has 0 saturated heterocycles. The average Bonchev–Trinajstić information content (AvgIpc) is 2.71. The van der Waals surface area contributed by atoms with Crippen LogP contribution in [0.25, 0.3) is 0 Å². The van der Waals surface area contributed by atoms with Crippen molar-refractivity contribution in [3.63, 3.8) is 0 Å². The lowest BCUT2D eigenvalue weighted by molar-refractivity contribution is -0.111. The van der Waals surface area contributed by atoms with Crippen LogP contribution >= 0.6 is 0 Å². The number of aromatic nitrogens is 2. The molecule has 0 radical (unpaired) electrons. The van der Waals surface area contributed by atoms with Crippen molar-refractivity contribution in [2.24, 2.45) is 10.8 Å². The van der Waals surface area contributed by atoms with Crippen LogP contribution in [-0.2, 0) is 4.79 Å². The van der Waals surface area contributed by atoms with Gasteiger partial charge in [0.05, 0.1) is 0 Å². The zero-order valence-corrected chi connectivity index (χ0v) is 8.22. The van der Waals surface area contributed by atoms with Crippen molar-refractivity contribution in [1.29, 1.82) is 15.8 Å². The average molecular weight is 228 g/mol. The third-order valence-electron chi connectivity index (χ3n) is 1.53. The van der Waals surface area contributed by atoms with Crippen LogP contribution in [0, 0.1) is 34.0 Å². The molecular formula is C8H4N8O. The summed E-state index contributed by atoms with van der Waals surface area (Å²) in [5.41, 5.74) is 6.30. The smallest absolute Gasteiger partial charge is 0.280 e. The van der Waals surface area contributed by atoms with Gasteiger partial charge in [-0.2, -0.15) is 25.9 Å². The van der Waals surface area contributed by atoms with Crippen LogP contribution in [0.4, 0.5) is 5.95 Å². The largest absolute Gasteiger partial charge is 0.364 e. The van der Waals surface area contributed by atoms with Gasteiger partial charge in [-0.1, -0.05) is 0 Å². The quantitative estimate of drug-likeness (QED) is 0.439. The Balaban J connectivity index is 2.96. The van der Waals surface area contributed by atoms with Crippen LogP contribution in [0.15, 0.2) is 5.10 Å². The summed E-state index contributed by atoms with van der Waals surface area (Å²) < 4.78 is 0.